The molecule has 0 saturated carbocycles. The highest BCUT2D eigenvalue weighted by Gasteiger charge is 2.15. The van der Waals surface area contributed by atoms with Crippen LogP contribution in [0.3, 0.4) is 0 Å². The van der Waals surface area contributed by atoms with E-state index in [2.05, 4.69) is 15.3 Å². The molecule has 0 aliphatic rings. The van der Waals surface area contributed by atoms with Crippen LogP contribution in [0, 0.1) is 17.0 Å². The molecule has 4 aromatic rings. The lowest BCUT2D eigenvalue weighted by Crippen LogP contribution is -1.96. The summed E-state index contributed by atoms with van der Waals surface area (Å²) in [6.07, 6.45) is 1.69. The van der Waals surface area contributed by atoms with Gasteiger partial charge in [-0.05, 0) is 30.7 Å². The Balaban J connectivity index is 1.66. The van der Waals surface area contributed by atoms with Gasteiger partial charge in [-0.2, -0.15) is 5.10 Å². The van der Waals surface area contributed by atoms with Gasteiger partial charge in [-0.15, -0.1) is 10.2 Å². The Hall–Kier alpha value is -3.81. The van der Waals surface area contributed by atoms with Crippen molar-refractivity contribution in [1.82, 2.24) is 20.0 Å². The van der Waals surface area contributed by atoms with Crippen LogP contribution in [0.2, 0.25) is 0 Å². The van der Waals surface area contributed by atoms with Crippen molar-refractivity contribution in [3.63, 3.8) is 0 Å². The van der Waals surface area contributed by atoms with Crippen molar-refractivity contribution in [3.8, 4) is 28.7 Å². The highest BCUT2D eigenvalue weighted by atomic mass is 16.6. The number of nitrogens with zero attached hydrogens (tertiary/aromatic N) is 5. The van der Waals surface area contributed by atoms with Gasteiger partial charge in [-0.25, -0.2) is 4.68 Å². The summed E-state index contributed by atoms with van der Waals surface area (Å²) in [6.45, 7) is 1.97. The van der Waals surface area contributed by atoms with Crippen molar-refractivity contribution in [3.05, 3.63) is 76.5 Å². The molecule has 0 spiro atoms. The SMILES string of the molecule is Cc1ccccc1-c1nnc(-c2ccn(-c3cccc([N+](=O)[O-])c3)n2)o1. The molecule has 2 aromatic heterocycles. The maximum absolute atomic E-state index is 10.9. The lowest BCUT2D eigenvalue weighted by Gasteiger charge is -2.00. The summed E-state index contributed by atoms with van der Waals surface area (Å²) in [5, 5.41) is 23.4. The van der Waals surface area contributed by atoms with Crippen LogP contribution in [-0.2, 0) is 0 Å². The monoisotopic (exact) mass is 347 g/mol. The Kier molecular flexibility index (Phi) is 3.77. The number of hydrogen-bond acceptors (Lipinski definition) is 6. The summed E-state index contributed by atoms with van der Waals surface area (Å²) in [4.78, 5) is 10.5. The number of aromatic nitrogens is 4. The molecule has 8 nitrogen and oxygen atoms in total. The molecule has 0 aliphatic carbocycles. The van der Waals surface area contributed by atoms with Crippen molar-refractivity contribution < 1.29 is 9.34 Å². The smallest absolute Gasteiger partial charge is 0.271 e. The number of rotatable bonds is 4. The normalized spacial score (nSPS) is 10.8. The average molecular weight is 347 g/mol. The molecule has 0 amide bonds. The van der Waals surface area contributed by atoms with Crippen molar-refractivity contribution in [1.29, 1.82) is 0 Å². The fraction of sp³-hybridized carbons (Fsp3) is 0.0556. The van der Waals surface area contributed by atoms with Crippen LogP contribution in [0.5, 0.6) is 0 Å². The van der Waals surface area contributed by atoms with Gasteiger partial charge in [0, 0.05) is 23.9 Å². The lowest BCUT2D eigenvalue weighted by atomic mass is 10.1. The molecule has 2 aromatic carbocycles. The highest BCUT2D eigenvalue weighted by molar-refractivity contribution is 5.59. The summed E-state index contributed by atoms with van der Waals surface area (Å²) < 4.78 is 7.27. The van der Waals surface area contributed by atoms with Crippen LogP contribution in [-0.4, -0.2) is 24.9 Å². The Labute approximate surface area is 147 Å². The van der Waals surface area contributed by atoms with Crippen LogP contribution < -0.4 is 0 Å². The van der Waals surface area contributed by atoms with E-state index >= 15 is 0 Å². The first-order valence-corrected chi connectivity index (χ1v) is 7.82. The van der Waals surface area contributed by atoms with Gasteiger partial charge in [0.15, 0.2) is 0 Å². The lowest BCUT2D eigenvalue weighted by molar-refractivity contribution is -0.384. The number of aryl methyl sites for hydroxylation is 1. The Morgan fingerprint density at radius 2 is 1.85 bits per heavy atom. The molecular formula is C18H13N5O3. The largest absolute Gasteiger partial charge is 0.415 e. The Morgan fingerprint density at radius 1 is 1.04 bits per heavy atom. The van der Waals surface area contributed by atoms with E-state index in [9.17, 15) is 10.1 Å². The Morgan fingerprint density at radius 3 is 2.65 bits per heavy atom. The van der Waals surface area contributed by atoms with Crippen LogP contribution in [0.15, 0.2) is 65.2 Å². The minimum Gasteiger partial charge on any atom is -0.415 e. The molecule has 128 valence electrons. The molecular weight excluding hydrogens is 334 g/mol. The summed E-state index contributed by atoms with van der Waals surface area (Å²) in [5.41, 5.74) is 2.96. The zero-order valence-corrected chi connectivity index (χ0v) is 13.7. The number of nitro groups is 1. The first kappa shape index (κ1) is 15.7. The molecule has 26 heavy (non-hydrogen) atoms. The third-order valence-corrected chi connectivity index (χ3v) is 3.91. The zero-order valence-electron chi connectivity index (χ0n) is 13.7. The van der Waals surface area contributed by atoms with Gasteiger partial charge in [-0.1, -0.05) is 24.3 Å². The predicted octanol–water partition coefficient (Wildman–Crippen LogP) is 3.81. The average Bonchev–Trinajstić information content (AvgIpc) is 3.32. The molecule has 0 N–H and O–H groups in total. The van der Waals surface area contributed by atoms with Crippen LogP contribution in [0.25, 0.3) is 28.7 Å². The molecule has 0 atom stereocenters. The molecule has 0 unspecified atom stereocenters. The highest BCUT2D eigenvalue weighted by Crippen LogP contribution is 2.25. The topological polar surface area (TPSA) is 99.9 Å². The number of nitro benzene ring substituents is 1. The third kappa shape index (κ3) is 2.84. The molecule has 2 heterocycles. The summed E-state index contributed by atoms with van der Waals surface area (Å²) in [5.74, 6) is 0.704. The standard InChI is InChI=1S/C18H13N5O3/c1-12-5-2-3-8-15(12)17-19-20-18(26-17)16-9-10-22(21-16)13-6-4-7-14(11-13)23(24)25/h2-11H,1H3. The van der Waals surface area contributed by atoms with Crippen molar-refractivity contribution >= 4 is 5.69 Å². The van der Waals surface area contributed by atoms with Gasteiger partial charge < -0.3 is 4.42 Å². The van der Waals surface area contributed by atoms with Gasteiger partial charge >= 0.3 is 0 Å². The number of hydrogen-bond donors (Lipinski definition) is 0. The summed E-state index contributed by atoms with van der Waals surface area (Å²) in [6, 6.07) is 15.7. The molecule has 0 radical (unpaired) electrons. The van der Waals surface area contributed by atoms with E-state index in [1.807, 2.05) is 31.2 Å². The summed E-state index contributed by atoms with van der Waals surface area (Å²) >= 11 is 0. The second-order valence-corrected chi connectivity index (χ2v) is 5.65. The third-order valence-electron chi connectivity index (χ3n) is 3.91. The fourth-order valence-corrected chi connectivity index (χ4v) is 2.58. The molecule has 0 aliphatic heterocycles. The second-order valence-electron chi connectivity index (χ2n) is 5.65. The number of non-ortho nitro benzene ring substituents is 1. The fourth-order valence-electron chi connectivity index (χ4n) is 2.58. The summed E-state index contributed by atoms with van der Waals surface area (Å²) in [7, 11) is 0. The van der Waals surface area contributed by atoms with E-state index in [4.69, 9.17) is 4.42 Å². The van der Waals surface area contributed by atoms with Crippen LogP contribution in [0.4, 0.5) is 5.69 Å². The van der Waals surface area contributed by atoms with Crippen molar-refractivity contribution in [2.75, 3.05) is 0 Å². The number of benzene rings is 2. The maximum atomic E-state index is 10.9. The first-order valence-electron chi connectivity index (χ1n) is 7.82. The van der Waals surface area contributed by atoms with Gasteiger partial charge in [-0.3, -0.25) is 10.1 Å². The van der Waals surface area contributed by atoms with Crippen LogP contribution >= 0.6 is 0 Å². The van der Waals surface area contributed by atoms with E-state index < -0.39 is 4.92 Å². The molecule has 0 saturated heterocycles. The quantitative estimate of drug-likeness (QED) is 0.411. The van der Waals surface area contributed by atoms with Gasteiger partial charge in [0.2, 0.25) is 5.89 Å². The van der Waals surface area contributed by atoms with E-state index in [1.165, 1.54) is 16.8 Å². The van der Waals surface area contributed by atoms with E-state index in [1.54, 1.807) is 24.4 Å². The molecule has 0 fully saturated rings. The minimum atomic E-state index is -0.444. The maximum Gasteiger partial charge on any atom is 0.271 e. The van der Waals surface area contributed by atoms with E-state index in [-0.39, 0.29) is 11.6 Å². The van der Waals surface area contributed by atoms with Crippen molar-refractivity contribution in [2.45, 2.75) is 6.92 Å². The van der Waals surface area contributed by atoms with Gasteiger partial charge in [0.1, 0.15) is 5.69 Å². The van der Waals surface area contributed by atoms with Crippen molar-refractivity contribution in [2.24, 2.45) is 0 Å². The van der Waals surface area contributed by atoms with E-state index in [0.717, 1.165) is 11.1 Å². The van der Waals surface area contributed by atoms with Gasteiger partial charge in [0.05, 0.1) is 10.6 Å². The zero-order chi connectivity index (χ0) is 18.1. The Bertz CT molecular complexity index is 1100. The minimum absolute atomic E-state index is 0.000760. The predicted molar refractivity (Wildman–Crippen MR) is 93.7 cm³/mol. The molecule has 4 rings (SSSR count). The van der Waals surface area contributed by atoms with Crippen LogP contribution in [0.1, 0.15) is 5.56 Å². The molecule has 8 heteroatoms. The molecule has 0 bridgehead atoms. The van der Waals surface area contributed by atoms with Gasteiger partial charge in [0.25, 0.3) is 11.6 Å². The van der Waals surface area contributed by atoms with E-state index in [0.29, 0.717) is 17.3 Å². The first-order chi connectivity index (χ1) is 12.6. The second kappa shape index (κ2) is 6.25.